The van der Waals surface area contributed by atoms with Gasteiger partial charge in [-0.3, -0.25) is 9.59 Å². The van der Waals surface area contributed by atoms with Gasteiger partial charge in [0.05, 0.1) is 0 Å². The maximum absolute atomic E-state index is 11.8. The highest BCUT2D eigenvalue weighted by atomic mass is 16.2. The Morgan fingerprint density at radius 1 is 1.06 bits per heavy atom. The monoisotopic (exact) mass is 226 g/mol. The molecule has 4 nitrogen and oxygen atoms in total. The Morgan fingerprint density at radius 2 is 1.69 bits per heavy atom. The number of hydrogen-bond acceptors (Lipinski definition) is 2. The van der Waals surface area contributed by atoms with Crippen molar-refractivity contribution in [1.29, 1.82) is 0 Å². The largest absolute Gasteiger partial charge is 0.341 e. The SMILES string of the molecule is CCCCC(=O)N1CCCN(C(C)=O)CC1. The third-order valence-corrected chi connectivity index (χ3v) is 3.04. The second-order valence-corrected chi connectivity index (χ2v) is 4.34. The molecule has 0 aliphatic carbocycles. The van der Waals surface area contributed by atoms with Crippen LogP contribution in [0.15, 0.2) is 0 Å². The van der Waals surface area contributed by atoms with Gasteiger partial charge in [0.1, 0.15) is 0 Å². The van der Waals surface area contributed by atoms with Gasteiger partial charge in [-0.25, -0.2) is 0 Å². The van der Waals surface area contributed by atoms with Crippen LogP contribution in [0.5, 0.6) is 0 Å². The first-order valence-electron chi connectivity index (χ1n) is 6.18. The highest BCUT2D eigenvalue weighted by Gasteiger charge is 2.19. The van der Waals surface area contributed by atoms with E-state index < -0.39 is 0 Å². The molecule has 1 aliphatic heterocycles. The predicted octanol–water partition coefficient (Wildman–Crippen LogP) is 1.26. The van der Waals surface area contributed by atoms with Crippen molar-refractivity contribution >= 4 is 11.8 Å². The van der Waals surface area contributed by atoms with Crippen LogP contribution in [0.3, 0.4) is 0 Å². The fourth-order valence-electron chi connectivity index (χ4n) is 1.97. The van der Waals surface area contributed by atoms with E-state index in [1.165, 1.54) is 0 Å². The van der Waals surface area contributed by atoms with Gasteiger partial charge in [-0.05, 0) is 12.8 Å². The predicted molar refractivity (Wildman–Crippen MR) is 63.0 cm³/mol. The summed E-state index contributed by atoms with van der Waals surface area (Å²) in [6.07, 6.45) is 3.57. The molecule has 92 valence electrons. The summed E-state index contributed by atoms with van der Waals surface area (Å²) in [7, 11) is 0. The first-order valence-corrected chi connectivity index (χ1v) is 6.18. The lowest BCUT2D eigenvalue weighted by molar-refractivity contribution is -0.132. The van der Waals surface area contributed by atoms with Gasteiger partial charge < -0.3 is 9.80 Å². The van der Waals surface area contributed by atoms with Crippen molar-refractivity contribution in [1.82, 2.24) is 9.80 Å². The van der Waals surface area contributed by atoms with Crippen LogP contribution in [0.25, 0.3) is 0 Å². The molecule has 1 saturated heterocycles. The third-order valence-electron chi connectivity index (χ3n) is 3.04. The fraction of sp³-hybridized carbons (Fsp3) is 0.833. The van der Waals surface area contributed by atoms with E-state index in [4.69, 9.17) is 0 Å². The summed E-state index contributed by atoms with van der Waals surface area (Å²) in [4.78, 5) is 26.8. The molecule has 4 heteroatoms. The van der Waals surface area contributed by atoms with E-state index in [2.05, 4.69) is 6.92 Å². The van der Waals surface area contributed by atoms with Gasteiger partial charge >= 0.3 is 0 Å². The fourth-order valence-corrected chi connectivity index (χ4v) is 1.97. The van der Waals surface area contributed by atoms with E-state index in [9.17, 15) is 9.59 Å². The van der Waals surface area contributed by atoms with Crippen LogP contribution in [-0.4, -0.2) is 47.8 Å². The minimum atomic E-state index is 0.114. The minimum Gasteiger partial charge on any atom is -0.341 e. The molecule has 0 bridgehead atoms. The molecule has 1 rings (SSSR count). The Labute approximate surface area is 97.6 Å². The van der Waals surface area contributed by atoms with Gasteiger partial charge in [0.2, 0.25) is 11.8 Å². The molecule has 0 aromatic rings. The van der Waals surface area contributed by atoms with Crippen LogP contribution >= 0.6 is 0 Å². The number of rotatable bonds is 3. The summed E-state index contributed by atoms with van der Waals surface area (Å²) < 4.78 is 0. The highest BCUT2D eigenvalue weighted by Crippen LogP contribution is 2.07. The first kappa shape index (κ1) is 13.0. The van der Waals surface area contributed by atoms with Crippen LogP contribution in [0.2, 0.25) is 0 Å². The van der Waals surface area contributed by atoms with E-state index in [0.717, 1.165) is 32.4 Å². The van der Waals surface area contributed by atoms with E-state index in [0.29, 0.717) is 19.5 Å². The number of carbonyl (C=O) groups excluding carboxylic acids is 2. The van der Waals surface area contributed by atoms with Gasteiger partial charge in [0, 0.05) is 39.5 Å². The summed E-state index contributed by atoms with van der Waals surface area (Å²) >= 11 is 0. The lowest BCUT2D eigenvalue weighted by Crippen LogP contribution is -2.36. The maximum Gasteiger partial charge on any atom is 0.222 e. The molecule has 1 heterocycles. The molecule has 0 aromatic carbocycles. The third kappa shape index (κ3) is 3.83. The number of amides is 2. The van der Waals surface area contributed by atoms with E-state index in [-0.39, 0.29) is 11.8 Å². The normalized spacial score (nSPS) is 17.1. The molecule has 0 N–H and O–H groups in total. The molecule has 0 saturated carbocycles. The molecule has 0 unspecified atom stereocenters. The molecule has 0 aromatic heterocycles. The van der Waals surface area contributed by atoms with Gasteiger partial charge in [-0.15, -0.1) is 0 Å². The van der Waals surface area contributed by atoms with Crippen LogP contribution in [-0.2, 0) is 9.59 Å². The molecular formula is C12H22N2O2. The van der Waals surface area contributed by atoms with Crippen molar-refractivity contribution in [3.05, 3.63) is 0 Å². The molecule has 1 aliphatic rings. The summed E-state index contributed by atoms with van der Waals surface area (Å²) in [5.74, 6) is 0.357. The summed E-state index contributed by atoms with van der Waals surface area (Å²) in [5, 5.41) is 0. The smallest absolute Gasteiger partial charge is 0.222 e. The topological polar surface area (TPSA) is 40.6 Å². The van der Waals surface area contributed by atoms with E-state index in [1.54, 1.807) is 6.92 Å². The number of hydrogen-bond donors (Lipinski definition) is 0. The van der Waals surface area contributed by atoms with E-state index in [1.807, 2.05) is 9.80 Å². The van der Waals surface area contributed by atoms with Crippen LogP contribution in [0, 0.1) is 0 Å². The molecule has 0 spiro atoms. The average molecular weight is 226 g/mol. The second kappa shape index (κ2) is 6.51. The number of unbranched alkanes of at least 4 members (excludes halogenated alkanes) is 1. The van der Waals surface area contributed by atoms with Crippen molar-refractivity contribution in [2.24, 2.45) is 0 Å². The molecule has 1 fully saturated rings. The minimum absolute atomic E-state index is 0.114. The first-order chi connectivity index (χ1) is 7.65. The van der Waals surface area contributed by atoms with Gasteiger partial charge in [-0.2, -0.15) is 0 Å². The lowest BCUT2D eigenvalue weighted by Gasteiger charge is -2.21. The Hall–Kier alpha value is -1.06. The summed E-state index contributed by atoms with van der Waals surface area (Å²) in [6, 6.07) is 0. The molecule has 0 atom stereocenters. The molecule has 16 heavy (non-hydrogen) atoms. The maximum atomic E-state index is 11.8. The highest BCUT2D eigenvalue weighted by molar-refractivity contribution is 5.76. The Balaban J connectivity index is 2.40. The lowest BCUT2D eigenvalue weighted by atomic mass is 10.2. The summed E-state index contributed by atoms with van der Waals surface area (Å²) in [5.41, 5.74) is 0. The zero-order valence-electron chi connectivity index (χ0n) is 10.4. The van der Waals surface area contributed by atoms with Gasteiger partial charge in [0.25, 0.3) is 0 Å². The van der Waals surface area contributed by atoms with Crippen LogP contribution < -0.4 is 0 Å². The zero-order valence-corrected chi connectivity index (χ0v) is 10.4. The second-order valence-electron chi connectivity index (χ2n) is 4.34. The molecular weight excluding hydrogens is 204 g/mol. The van der Waals surface area contributed by atoms with Crippen LogP contribution in [0.1, 0.15) is 39.5 Å². The van der Waals surface area contributed by atoms with Crippen molar-refractivity contribution in [3.8, 4) is 0 Å². The van der Waals surface area contributed by atoms with Crippen molar-refractivity contribution in [2.45, 2.75) is 39.5 Å². The van der Waals surface area contributed by atoms with Crippen molar-refractivity contribution < 1.29 is 9.59 Å². The number of nitrogens with zero attached hydrogens (tertiary/aromatic N) is 2. The van der Waals surface area contributed by atoms with E-state index >= 15 is 0 Å². The molecule has 0 radical (unpaired) electrons. The van der Waals surface area contributed by atoms with Gasteiger partial charge in [0.15, 0.2) is 0 Å². The van der Waals surface area contributed by atoms with Crippen molar-refractivity contribution in [3.63, 3.8) is 0 Å². The summed E-state index contributed by atoms with van der Waals surface area (Å²) in [6.45, 7) is 6.65. The quantitative estimate of drug-likeness (QED) is 0.727. The average Bonchev–Trinajstić information content (AvgIpc) is 2.51. The van der Waals surface area contributed by atoms with Crippen LogP contribution in [0.4, 0.5) is 0 Å². The van der Waals surface area contributed by atoms with Gasteiger partial charge in [-0.1, -0.05) is 13.3 Å². The van der Waals surface area contributed by atoms with Crippen molar-refractivity contribution in [2.75, 3.05) is 26.2 Å². The number of carbonyl (C=O) groups is 2. The Kier molecular flexibility index (Phi) is 5.29. The Morgan fingerprint density at radius 3 is 2.31 bits per heavy atom. The zero-order chi connectivity index (χ0) is 12.0. The standard InChI is InChI=1S/C12H22N2O2/c1-3-4-6-12(16)14-8-5-7-13(9-10-14)11(2)15/h3-10H2,1-2H3. The Bertz CT molecular complexity index is 253. The molecule has 2 amide bonds.